The number of aryl methyl sites for hydroxylation is 1. The van der Waals surface area contributed by atoms with Crippen LogP contribution in [-0.2, 0) is 11.3 Å². The minimum Gasteiger partial charge on any atom is -0.403 e. The molecule has 1 amide bonds. The first kappa shape index (κ1) is 16.3. The van der Waals surface area contributed by atoms with Crippen LogP contribution in [0, 0.1) is 0 Å². The van der Waals surface area contributed by atoms with Gasteiger partial charge in [0.15, 0.2) is 5.16 Å². The van der Waals surface area contributed by atoms with Gasteiger partial charge in [0.2, 0.25) is 11.8 Å². The molecular formula is C16H17N5O2S. The summed E-state index contributed by atoms with van der Waals surface area (Å²) in [7, 11) is 0. The van der Waals surface area contributed by atoms with Crippen molar-refractivity contribution in [1.82, 2.24) is 19.7 Å². The molecule has 1 aromatic carbocycles. The zero-order valence-electron chi connectivity index (χ0n) is 13.2. The maximum absolute atomic E-state index is 12.0. The Balaban J connectivity index is 1.56. The summed E-state index contributed by atoms with van der Waals surface area (Å²) in [5.74, 6) is 0.385. The van der Waals surface area contributed by atoms with E-state index < -0.39 is 0 Å². The molecule has 3 aromatic rings. The van der Waals surface area contributed by atoms with Crippen LogP contribution in [0.4, 0.5) is 6.01 Å². The fourth-order valence-electron chi connectivity index (χ4n) is 2.10. The Morgan fingerprint density at radius 2 is 2.12 bits per heavy atom. The van der Waals surface area contributed by atoms with Crippen molar-refractivity contribution in [1.29, 1.82) is 0 Å². The second-order valence-electron chi connectivity index (χ2n) is 5.02. The molecule has 0 aliphatic heterocycles. The number of imidazole rings is 1. The van der Waals surface area contributed by atoms with Gasteiger partial charge in [-0.1, -0.05) is 42.0 Å². The van der Waals surface area contributed by atoms with Gasteiger partial charge >= 0.3 is 6.01 Å². The molecule has 7 nitrogen and oxygen atoms in total. The van der Waals surface area contributed by atoms with Crippen molar-refractivity contribution in [3.63, 3.8) is 0 Å². The number of nitrogens with zero attached hydrogens (tertiary/aromatic N) is 4. The molecule has 0 bridgehead atoms. The third-order valence-corrected chi connectivity index (χ3v) is 4.17. The molecule has 0 unspecified atom stereocenters. The predicted molar refractivity (Wildman–Crippen MR) is 91.6 cm³/mol. The average molecular weight is 343 g/mol. The van der Waals surface area contributed by atoms with Crippen LogP contribution in [0.5, 0.6) is 0 Å². The van der Waals surface area contributed by atoms with E-state index in [-0.39, 0.29) is 17.7 Å². The van der Waals surface area contributed by atoms with Gasteiger partial charge in [-0.3, -0.25) is 10.1 Å². The molecule has 2 aromatic heterocycles. The second kappa shape index (κ2) is 7.78. The largest absolute Gasteiger partial charge is 0.403 e. The maximum Gasteiger partial charge on any atom is 0.322 e. The van der Waals surface area contributed by atoms with E-state index in [1.807, 2.05) is 41.1 Å². The summed E-state index contributed by atoms with van der Waals surface area (Å²) in [6, 6.07) is 9.49. The highest BCUT2D eigenvalue weighted by Crippen LogP contribution is 2.20. The van der Waals surface area contributed by atoms with Gasteiger partial charge in [-0.05, 0) is 18.6 Å². The van der Waals surface area contributed by atoms with Crippen LogP contribution in [0.1, 0.15) is 13.3 Å². The Hall–Kier alpha value is -2.61. The van der Waals surface area contributed by atoms with Crippen LogP contribution in [0.2, 0.25) is 0 Å². The Kier molecular flexibility index (Phi) is 5.27. The molecular weight excluding hydrogens is 326 g/mol. The lowest BCUT2D eigenvalue weighted by Gasteiger charge is -2.05. The molecule has 0 aliphatic rings. The van der Waals surface area contributed by atoms with Crippen molar-refractivity contribution in [2.24, 2.45) is 0 Å². The molecule has 3 rings (SSSR count). The number of carbonyl (C=O) groups excluding carboxylic acids is 1. The maximum atomic E-state index is 12.0. The molecule has 1 N–H and O–H groups in total. The minimum absolute atomic E-state index is 0.0938. The quantitative estimate of drug-likeness (QED) is 0.664. The second-order valence-corrected chi connectivity index (χ2v) is 5.96. The molecule has 0 saturated heterocycles. The van der Waals surface area contributed by atoms with E-state index in [1.165, 1.54) is 11.8 Å². The normalized spacial score (nSPS) is 10.7. The fraction of sp³-hybridized carbons (Fsp3) is 0.250. The summed E-state index contributed by atoms with van der Waals surface area (Å²) in [6.07, 6.45) is 4.66. The number of aromatic nitrogens is 4. The SMILES string of the molecule is CCCn1ccnc1SCC(=O)Nc1nnc(-c2ccccc2)o1. The number of rotatable bonds is 7. The van der Waals surface area contributed by atoms with Gasteiger partial charge in [-0.25, -0.2) is 4.98 Å². The minimum atomic E-state index is -0.214. The zero-order chi connectivity index (χ0) is 16.8. The molecule has 0 aliphatic carbocycles. The van der Waals surface area contributed by atoms with Crippen LogP contribution in [0.15, 0.2) is 52.3 Å². The third-order valence-electron chi connectivity index (χ3n) is 3.17. The van der Waals surface area contributed by atoms with Gasteiger partial charge in [0.25, 0.3) is 0 Å². The van der Waals surface area contributed by atoms with Gasteiger partial charge in [0, 0.05) is 24.5 Å². The van der Waals surface area contributed by atoms with Crippen molar-refractivity contribution in [3.05, 3.63) is 42.7 Å². The van der Waals surface area contributed by atoms with Crippen molar-refractivity contribution in [3.8, 4) is 11.5 Å². The number of thioether (sulfide) groups is 1. The van der Waals surface area contributed by atoms with E-state index in [0.29, 0.717) is 5.89 Å². The van der Waals surface area contributed by atoms with Crippen LogP contribution >= 0.6 is 11.8 Å². The number of carbonyl (C=O) groups is 1. The number of benzene rings is 1. The average Bonchev–Trinajstić information content (AvgIpc) is 3.24. The molecule has 0 spiro atoms. The van der Waals surface area contributed by atoms with Crippen LogP contribution in [-0.4, -0.2) is 31.4 Å². The van der Waals surface area contributed by atoms with Crippen LogP contribution in [0.3, 0.4) is 0 Å². The van der Waals surface area contributed by atoms with Crippen molar-refractivity contribution >= 4 is 23.7 Å². The smallest absolute Gasteiger partial charge is 0.322 e. The van der Waals surface area contributed by atoms with E-state index in [9.17, 15) is 4.79 Å². The number of nitrogens with one attached hydrogen (secondary N) is 1. The first-order chi connectivity index (χ1) is 11.8. The van der Waals surface area contributed by atoms with E-state index in [0.717, 1.165) is 23.7 Å². The van der Waals surface area contributed by atoms with E-state index in [4.69, 9.17) is 4.42 Å². The molecule has 8 heteroatoms. The molecule has 0 fully saturated rings. The van der Waals surface area contributed by atoms with Gasteiger partial charge in [-0.15, -0.1) is 5.10 Å². The highest BCUT2D eigenvalue weighted by Gasteiger charge is 2.12. The molecule has 24 heavy (non-hydrogen) atoms. The van der Waals surface area contributed by atoms with Crippen LogP contribution < -0.4 is 5.32 Å². The molecule has 0 saturated carbocycles. The number of anilines is 1. The van der Waals surface area contributed by atoms with Crippen molar-refractivity contribution < 1.29 is 9.21 Å². The Morgan fingerprint density at radius 1 is 1.29 bits per heavy atom. The Morgan fingerprint density at radius 3 is 2.92 bits per heavy atom. The summed E-state index contributed by atoms with van der Waals surface area (Å²) in [5, 5.41) is 11.2. The summed E-state index contributed by atoms with van der Waals surface area (Å²) >= 11 is 1.37. The summed E-state index contributed by atoms with van der Waals surface area (Å²) in [6.45, 7) is 2.98. The first-order valence-corrected chi connectivity index (χ1v) is 8.57. The van der Waals surface area contributed by atoms with E-state index in [1.54, 1.807) is 6.20 Å². The standard InChI is InChI=1S/C16H17N5O2S/c1-2-9-21-10-8-17-16(21)24-11-13(22)18-15-20-19-14(23-15)12-6-4-3-5-7-12/h3-8,10H,2,9,11H2,1H3,(H,18,20,22). The lowest BCUT2D eigenvalue weighted by molar-refractivity contribution is -0.113. The predicted octanol–water partition coefficient (Wildman–Crippen LogP) is 3.07. The number of amides is 1. The van der Waals surface area contributed by atoms with E-state index in [2.05, 4.69) is 27.4 Å². The van der Waals surface area contributed by atoms with Gasteiger partial charge in [-0.2, -0.15) is 0 Å². The van der Waals surface area contributed by atoms with E-state index >= 15 is 0 Å². The summed E-state index contributed by atoms with van der Waals surface area (Å²) in [5.41, 5.74) is 0.807. The zero-order valence-corrected chi connectivity index (χ0v) is 14.0. The number of hydrogen-bond acceptors (Lipinski definition) is 6. The highest BCUT2D eigenvalue weighted by atomic mass is 32.2. The molecule has 0 radical (unpaired) electrons. The number of hydrogen-bond donors (Lipinski definition) is 1. The Bertz CT molecular complexity index is 800. The van der Waals surface area contributed by atoms with Gasteiger partial charge < -0.3 is 8.98 Å². The van der Waals surface area contributed by atoms with Crippen molar-refractivity contribution in [2.75, 3.05) is 11.1 Å². The molecule has 2 heterocycles. The summed E-state index contributed by atoms with van der Waals surface area (Å²) in [4.78, 5) is 16.3. The lowest BCUT2D eigenvalue weighted by Crippen LogP contribution is -2.14. The third kappa shape index (κ3) is 4.02. The highest BCUT2D eigenvalue weighted by molar-refractivity contribution is 7.99. The molecule has 124 valence electrons. The topological polar surface area (TPSA) is 85.8 Å². The Labute approximate surface area is 143 Å². The summed E-state index contributed by atoms with van der Waals surface area (Å²) < 4.78 is 7.48. The van der Waals surface area contributed by atoms with Gasteiger partial charge in [0.05, 0.1) is 5.75 Å². The first-order valence-electron chi connectivity index (χ1n) is 7.59. The van der Waals surface area contributed by atoms with Crippen LogP contribution in [0.25, 0.3) is 11.5 Å². The lowest BCUT2D eigenvalue weighted by atomic mass is 10.2. The van der Waals surface area contributed by atoms with Gasteiger partial charge in [0.1, 0.15) is 0 Å². The fourth-order valence-corrected chi connectivity index (χ4v) is 2.89. The molecule has 0 atom stereocenters. The van der Waals surface area contributed by atoms with Crippen molar-refractivity contribution in [2.45, 2.75) is 25.0 Å². The monoisotopic (exact) mass is 343 g/mol.